The lowest BCUT2D eigenvalue weighted by Crippen LogP contribution is -2.15. The summed E-state index contributed by atoms with van der Waals surface area (Å²) in [6.07, 6.45) is 2.85. The van der Waals surface area contributed by atoms with E-state index in [1.807, 2.05) is 6.20 Å². The van der Waals surface area contributed by atoms with E-state index in [1.54, 1.807) is 0 Å². The Kier molecular flexibility index (Phi) is 3.27. The lowest BCUT2D eigenvalue weighted by atomic mass is 9.91. The first kappa shape index (κ1) is 11.2. The van der Waals surface area contributed by atoms with Crippen LogP contribution in [0.15, 0.2) is 18.3 Å². The minimum absolute atomic E-state index is 0.120. The monoisotopic (exact) mass is 192 g/mol. The fourth-order valence-electron chi connectivity index (χ4n) is 1.30. The molecule has 0 fully saturated rings. The van der Waals surface area contributed by atoms with Crippen molar-refractivity contribution in [2.45, 2.75) is 45.6 Å². The third-order valence-electron chi connectivity index (χ3n) is 2.42. The molecule has 0 aliphatic rings. The summed E-state index contributed by atoms with van der Waals surface area (Å²) in [7, 11) is 0. The predicted octanol–water partition coefficient (Wildman–Crippen LogP) is 2.79. The number of hydrogen-bond donors (Lipinski definition) is 1. The molecule has 2 heteroatoms. The molecule has 1 heterocycles. The van der Waals surface area contributed by atoms with Crippen LogP contribution in [0.4, 0.5) is 0 Å². The third kappa shape index (κ3) is 2.55. The first-order valence-corrected chi connectivity index (χ1v) is 5.17. The van der Waals surface area contributed by atoms with E-state index in [0.29, 0.717) is 0 Å². The van der Waals surface area contributed by atoms with E-state index in [1.165, 1.54) is 0 Å². The molecule has 2 nitrogen and oxygen atoms in total. The van der Waals surface area contributed by atoms with Crippen molar-refractivity contribution < 1.29 is 0 Å². The first-order valence-electron chi connectivity index (χ1n) is 5.17. The van der Waals surface area contributed by atoms with Gasteiger partial charge in [0.15, 0.2) is 0 Å². The van der Waals surface area contributed by atoms with E-state index >= 15 is 0 Å². The largest absolute Gasteiger partial charge is 0.324 e. The van der Waals surface area contributed by atoms with E-state index in [9.17, 15) is 0 Å². The lowest BCUT2D eigenvalue weighted by molar-refractivity contribution is 0.566. The van der Waals surface area contributed by atoms with Crippen LogP contribution < -0.4 is 5.73 Å². The van der Waals surface area contributed by atoms with Crippen LogP contribution in [0.1, 0.15) is 51.4 Å². The first-order chi connectivity index (χ1) is 6.45. The molecule has 1 atom stereocenters. The van der Waals surface area contributed by atoms with Crippen molar-refractivity contribution in [3.63, 3.8) is 0 Å². The summed E-state index contributed by atoms with van der Waals surface area (Å²) in [6.45, 7) is 8.57. The molecule has 0 saturated carbocycles. The average Bonchev–Trinajstić information content (AvgIpc) is 2.15. The summed E-state index contributed by atoms with van der Waals surface area (Å²) in [5.41, 5.74) is 8.27. The van der Waals surface area contributed by atoms with Crippen LogP contribution in [0.3, 0.4) is 0 Å². The van der Waals surface area contributed by atoms with Gasteiger partial charge in [-0.1, -0.05) is 33.8 Å². The average molecular weight is 192 g/mol. The van der Waals surface area contributed by atoms with Crippen LogP contribution in [0.25, 0.3) is 0 Å². The standard InChI is InChI=1S/C12H20N2/c1-5-10(13)9-6-7-11(14-8-9)12(2,3)4/h6-8,10H,5,13H2,1-4H3. The quantitative estimate of drug-likeness (QED) is 0.782. The van der Waals surface area contributed by atoms with Crippen molar-refractivity contribution in [3.05, 3.63) is 29.6 Å². The zero-order valence-electron chi connectivity index (χ0n) is 9.54. The Morgan fingerprint density at radius 3 is 2.36 bits per heavy atom. The normalized spacial score (nSPS) is 14.1. The van der Waals surface area contributed by atoms with Crippen molar-refractivity contribution >= 4 is 0 Å². The molecule has 1 unspecified atom stereocenters. The summed E-state index contributed by atoms with van der Waals surface area (Å²) in [6, 6.07) is 4.28. The highest BCUT2D eigenvalue weighted by atomic mass is 14.7. The maximum absolute atomic E-state index is 5.91. The van der Waals surface area contributed by atoms with Gasteiger partial charge in [0.1, 0.15) is 0 Å². The number of nitrogens with two attached hydrogens (primary N) is 1. The second kappa shape index (κ2) is 4.09. The molecule has 0 spiro atoms. The highest BCUT2D eigenvalue weighted by molar-refractivity contribution is 5.21. The second-order valence-electron chi connectivity index (χ2n) is 4.74. The Morgan fingerprint density at radius 1 is 1.36 bits per heavy atom. The maximum Gasteiger partial charge on any atom is 0.0457 e. The molecule has 78 valence electrons. The lowest BCUT2D eigenvalue weighted by Gasteiger charge is -2.18. The molecule has 2 N–H and O–H groups in total. The molecule has 0 bridgehead atoms. The van der Waals surface area contributed by atoms with Gasteiger partial charge in [0, 0.05) is 23.3 Å². The van der Waals surface area contributed by atoms with Crippen molar-refractivity contribution in [2.24, 2.45) is 5.73 Å². The van der Waals surface area contributed by atoms with Crippen LogP contribution in [0.2, 0.25) is 0 Å². The number of hydrogen-bond acceptors (Lipinski definition) is 2. The molecule has 0 radical (unpaired) electrons. The summed E-state index contributed by atoms with van der Waals surface area (Å²) >= 11 is 0. The van der Waals surface area contributed by atoms with Gasteiger partial charge in [-0.2, -0.15) is 0 Å². The van der Waals surface area contributed by atoms with Crippen molar-refractivity contribution in [2.75, 3.05) is 0 Å². The van der Waals surface area contributed by atoms with E-state index in [-0.39, 0.29) is 11.5 Å². The maximum atomic E-state index is 5.91. The molecule has 14 heavy (non-hydrogen) atoms. The van der Waals surface area contributed by atoms with Gasteiger partial charge in [-0.25, -0.2) is 0 Å². The van der Waals surface area contributed by atoms with Crippen LogP contribution in [-0.4, -0.2) is 4.98 Å². The summed E-state index contributed by atoms with van der Waals surface area (Å²) < 4.78 is 0. The zero-order valence-corrected chi connectivity index (χ0v) is 9.54. The Bertz CT molecular complexity index is 282. The van der Waals surface area contributed by atoms with E-state index in [0.717, 1.165) is 17.7 Å². The fraction of sp³-hybridized carbons (Fsp3) is 0.583. The van der Waals surface area contributed by atoms with Gasteiger partial charge in [0.05, 0.1) is 0 Å². The third-order valence-corrected chi connectivity index (χ3v) is 2.42. The number of rotatable bonds is 2. The number of nitrogens with zero attached hydrogens (tertiary/aromatic N) is 1. The molecular weight excluding hydrogens is 172 g/mol. The SMILES string of the molecule is CCC(N)c1ccc(C(C)(C)C)nc1. The summed E-state index contributed by atoms with van der Waals surface area (Å²) in [5, 5.41) is 0. The van der Waals surface area contributed by atoms with Gasteiger partial charge >= 0.3 is 0 Å². The molecule has 0 aliphatic carbocycles. The molecular formula is C12H20N2. The minimum Gasteiger partial charge on any atom is -0.324 e. The van der Waals surface area contributed by atoms with Crippen molar-refractivity contribution in [3.8, 4) is 0 Å². The summed E-state index contributed by atoms with van der Waals surface area (Å²) in [5.74, 6) is 0. The van der Waals surface area contributed by atoms with Crippen LogP contribution in [-0.2, 0) is 5.41 Å². The van der Waals surface area contributed by atoms with Gasteiger partial charge < -0.3 is 5.73 Å². The Labute approximate surface area is 86.5 Å². The van der Waals surface area contributed by atoms with E-state index in [2.05, 4.69) is 44.8 Å². The zero-order chi connectivity index (χ0) is 10.8. The van der Waals surface area contributed by atoms with Gasteiger partial charge in [0.25, 0.3) is 0 Å². The molecule has 0 saturated heterocycles. The van der Waals surface area contributed by atoms with Crippen LogP contribution >= 0.6 is 0 Å². The fourth-order valence-corrected chi connectivity index (χ4v) is 1.30. The molecule has 1 aromatic heterocycles. The molecule has 1 rings (SSSR count). The highest BCUT2D eigenvalue weighted by Gasteiger charge is 2.15. The predicted molar refractivity (Wildman–Crippen MR) is 60.2 cm³/mol. The van der Waals surface area contributed by atoms with E-state index in [4.69, 9.17) is 5.73 Å². The Balaban J connectivity index is 2.89. The second-order valence-corrected chi connectivity index (χ2v) is 4.74. The topological polar surface area (TPSA) is 38.9 Å². The Morgan fingerprint density at radius 2 is 2.00 bits per heavy atom. The summed E-state index contributed by atoms with van der Waals surface area (Å²) in [4.78, 5) is 4.44. The molecule has 0 amide bonds. The molecule has 0 aromatic carbocycles. The molecule has 1 aromatic rings. The smallest absolute Gasteiger partial charge is 0.0457 e. The van der Waals surface area contributed by atoms with Crippen molar-refractivity contribution in [1.29, 1.82) is 0 Å². The van der Waals surface area contributed by atoms with Gasteiger partial charge in [-0.3, -0.25) is 4.98 Å². The van der Waals surface area contributed by atoms with Gasteiger partial charge in [-0.15, -0.1) is 0 Å². The van der Waals surface area contributed by atoms with Crippen LogP contribution in [0.5, 0.6) is 0 Å². The van der Waals surface area contributed by atoms with Gasteiger partial charge in [-0.05, 0) is 18.1 Å². The number of pyridine rings is 1. The van der Waals surface area contributed by atoms with E-state index < -0.39 is 0 Å². The number of aromatic nitrogens is 1. The van der Waals surface area contributed by atoms with Gasteiger partial charge in [0.2, 0.25) is 0 Å². The Hall–Kier alpha value is -0.890. The van der Waals surface area contributed by atoms with Crippen LogP contribution in [0, 0.1) is 0 Å². The minimum atomic E-state index is 0.120. The highest BCUT2D eigenvalue weighted by Crippen LogP contribution is 2.21. The molecule has 0 aliphatic heterocycles. The van der Waals surface area contributed by atoms with Crippen molar-refractivity contribution in [1.82, 2.24) is 4.98 Å².